The molecule has 3 aromatic rings. The van der Waals surface area contributed by atoms with Gasteiger partial charge < -0.3 is 4.74 Å². The first kappa shape index (κ1) is 14.1. The number of para-hydroxylation sites is 1. The maximum absolute atomic E-state index is 5.85. The van der Waals surface area contributed by atoms with E-state index in [-0.39, 0.29) is 0 Å². The second kappa shape index (κ2) is 6.72. The van der Waals surface area contributed by atoms with Crippen molar-refractivity contribution >= 4 is 26.8 Å². The summed E-state index contributed by atoms with van der Waals surface area (Å²) in [7, 11) is 0. The first-order valence-electron chi connectivity index (χ1n) is 6.97. The fourth-order valence-electron chi connectivity index (χ4n) is 2.25. The molecule has 0 unspecified atom stereocenters. The molecule has 1 heterocycles. The summed E-state index contributed by atoms with van der Waals surface area (Å²) in [6.07, 6.45) is 1.01. The van der Waals surface area contributed by atoms with Gasteiger partial charge in [-0.2, -0.15) is 0 Å². The maximum Gasteiger partial charge on any atom is 0.130 e. The summed E-state index contributed by atoms with van der Waals surface area (Å²) in [6.45, 7) is 0.489. The largest absolute Gasteiger partial charge is 0.487 e. The second-order valence-corrected chi connectivity index (χ2v) is 5.66. The number of aromatic nitrogens is 1. The highest BCUT2D eigenvalue weighted by atomic mass is 79.9. The molecule has 3 rings (SSSR count). The molecule has 0 atom stereocenters. The predicted molar refractivity (Wildman–Crippen MR) is 90.0 cm³/mol. The Morgan fingerprint density at radius 3 is 2.76 bits per heavy atom. The fraction of sp³-hybridized carbons (Fsp3) is 0.167. The molecule has 0 aliphatic carbocycles. The standard InChI is InChI=1S/C18H16BrNO/c19-11-10-14-4-3-6-17(12-14)21-13-16-9-8-15-5-1-2-7-18(15)20-16/h1-9,12H,10-11,13H2. The van der Waals surface area contributed by atoms with E-state index < -0.39 is 0 Å². The van der Waals surface area contributed by atoms with Crippen LogP contribution in [0.1, 0.15) is 11.3 Å². The molecular weight excluding hydrogens is 326 g/mol. The summed E-state index contributed by atoms with van der Waals surface area (Å²) in [4.78, 5) is 4.62. The first-order chi connectivity index (χ1) is 10.3. The van der Waals surface area contributed by atoms with Crippen LogP contribution in [-0.4, -0.2) is 10.3 Å². The summed E-state index contributed by atoms with van der Waals surface area (Å²) < 4.78 is 5.85. The van der Waals surface area contributed by atoms with Gasteiger partial charge in [-0.05, 0) is 36.2 Å². The van der Waals surface area contributed by atoms with Crippen LogP contribution in [0.5, 0.6) is 5.75 Å². The third-order valence-corrected chi connectivity index (χ3v) is 3.72. The van der Waals surface area contributed by atoms with Crippen LogP contribution in [0.25, 0.3) is 10.9 Å². The molecule has 2 nitrogen and oxygen atoms in total. The van der Waals surface area contributed by atoms with Gasteiger partial charge in [0.1, 0.15) is 12.4 Å². The summed E-state index contributed by atoms with van der Waals surface area (Å²) in [5, 5.41) is 2.11. The third kappa shape index (κ3) is 3.61. The molecular formula is C18H16BrNO. The van der Waals surface area contributed by atoms with Crippen molar-refractivity contribution < 1.29 is 4.74 Å². The number of benzene rings is 2. The molecule has 1 aromatic heterocycles. The summed E-state index contributed by atoms with van der Waals surface area (Å²) in [6, 6.07) is 20.4. The lowest BCUT2D eigenvalue weighted by Crippen LogP contribution is -1.99. The Bertz CT molecular complexity index is 742. The van der Waals surface area contributed by atoms with Gasteiger partial charge in [0, 0.05) is 10.7 Å². The molecule has 21 heavy (non-hydrogen) atoms. The number of pyridine rings is 1. The Hall–Kier alpha value is -1.87. The van der Waals surface area contributed by atoms with Crippen LogP contribution in [0.2, 0.25) is 0 Å². The molecule has 3 heteroatoms. The smallest absolute Gasteiger partial charge is 0.130 e. The number of rotatable bonds is 5. The molecule has 2 aromatic carbocycles. The van der Waals surface area contributed by atoms with Gasteiger partial charge in [-0.25, -0.2) is 4.98 Å². The Kier molecular flexibility index (Phi) is 4.51. The minimum atomic E-state index is 0.489. The van der Waals surface area contributed by atoms with E-state index in [1.165, 1.54) is 5.56 Å². The average Bonchev–Trinajstić information content (AvgIpc) is 2.53. The lowest BCUT2D eigenvalue weighted by Gasteiger charge is -2.08. The lowest BCUT2D eigenvalue weighted by molar-refractivity contribution is 0.301. The minimum absolute atomic E-state index is 0.489. The van der Waals surface area contributed by atoms with Gasteiger partial charge >= 0.3 is 0 Å². The highest BCUT2D eigenvalue weighted by Gasteiger charge is 2.01. The van der Waals surface area contributed by atoms with Gasteiger partial charge in [-0.3, -0.25) is 0 Å². The predicted octanol–water partition coefficient (Wildman–Crippen LogP) is 4.75. The van der Waals surface area contributed by atoms with Crippen molar-refractivity contribution in [1.29, 1.82) is 0 Å². The van der Waals surface area contributed by atoms with E-state index in [0.717, 1.165) is 34.1 Å². The van der Waals surface area contributed by atoms with Crippen molar-refractivity contribution in [3.05, 3.63) is 71.9 Å². The van der Waals surface area contributed by atoms with Crippen molar-refractivity contribution in [2.45, 2.75) is 13.0 Å². The Labute approximate surface area is 132 Å². The minimum Gasteiger partial charge on any atom is -0.487 e. The Morgan fingerprint density at radius 2 is 1.86 bits per heavy atom. The molecule has 0 radical (unpaired) electrons. The molecule has 0 N–H and O–H groups in total. The number of nitrogens with zero attached hydrogens (tertiary/aromatic N) is 1. The number of aryl methyl sites for hydroxylation is 1. The maximum atomic E-state index is 5.85. The van der Waals surface area contributed by atoms with E-state index in [1.807, 2.05) is 36.4 Å². The van der Waals surface area contributed by atoms with Crippen LogP contribution in [0, 0.1) is 0 Å². The topological polar surface area (TPSA) is 22.1 Å². The van der Waals surface area contributed by atoms with Crippen LogP contribution < -0.4 is 4.74 Å². The molecule has 0 fully saturated rings. The van der Waals surface area contributed by atoms with Crippen molar-refractivity contribution in [3.63, 3.8) is 0 Å². The van der Waals surface area contributed by atoms with Crippen molar-refractivity contribution in [1.82, 2.24) is 4.98 Å². The lowest BCUT2D eigenvalue weighted by atomic mass is 10.2. The quantitative estimate of drug-likeness (QED) is 0.624. The molecule has 0 aliphatic heterocycles. The van der Waals surface area contributed by atoms with E-state index in [9.17, 15) is 0 Å². The van der Waals surface area contributed by atoms with Gasteiger partial charge in [-0.1, -0.05) is 52.3 Å². The van der Waals surface area contributed by atoms with Crippen molar-refractivity contribution in [3.8, 4) is 5.75 Å². The van der Waals surface area contributed by atoms with E-state index in [2.05, 4.69) is 45.2 Å². The molecule has 0 amide bonds. The normalized spacial score (nSPS) is 10.7. The molecule has 0 saturated carbocycles. The number of hydrogen-bond acceptors (Lipinski definition) is 2. The van der Waals surface area contributed by atoms with Gasteiger partial charge in [0.25, 0.3) is 0 Å². The van der Waals surface area contributed by atoms with Gasteiger partial charge in [-0.15, -0.1) is 0 Å². The summed E-state index contributed by atoms with van der Waals surface area (Å²) in [5.41, 5.74) is 3.22. The molecule has 0 saturated heterocycles. The van der Waals surface area contributed by atoms with Crippen LogP contribution in [-0.2, 0) is 13.0 Å². The number of halogens is 1. The first-order valence-corrected chi connectivity index (χ1v) is 8.10. The van der Waals surface area contributed by atoms with E-state index in [0.29, 0.717) is 6.61 Å². The zero-order chi connectivity index (χ0) is 14.5. The Balaban J connectivity index is 1.72. The van der Waals surface area contributed by atoms with Gasteiger partial charge in [0.2, 0.25) is 0 Å². The van der Waals surface area contributed by atoms with E-state index >= 15 is 0 Å². The number of alkyl halides is 1. The third-order valence-electron chi connectivity index (χ3n) is 3.32. The van der Waals surface area contributed by atoms with Crippen LogP contribution >= 0.6 is 15.9 Å². The number of hydrogen-bond donors (Lipinski definition) is 0. The van der Waals surface area contributed by atoms with Gasteiger partial charge in [0.05, 0.1) is 11.2 Å². The zero-order valence-electron chi connectivity index (χ0n) is 11.6. The summed E-state index contributed by atoms with van der Waals surface area (Å²) in [5.74, 6) is 0.892. The number of ether oxygens (including phenoxy) is 1. The van der Waals surface area contributed by atoms with Crippen molar-refractivity contribution in [2.75, 3.05) is 5.33 Å². The zero-order valence-corrected chi connectivity index (χ0v) is 13.2. The highest BCUT2D eigenvalue weighted by Crippen LogP contribution is 2.17. The second-order valence-electron chi connectivity index (χ2n) is 4.87. The average molecular weight is 342 g/mol. The van der Waals surface area contributed by atoms with E-state index in [4.69, 9.17) is 4.74 Å². The van der Waals surface area contributed by atoms with Gasteiger partial charge in [0.15, 0.2) is 0 Å². The fourth-order valence-corrected chi connectivity index (χ4v) is 2.70. The Morgan fingerprint density at radius 1 is 0.952 bits per heavy atom. The molecule has 106 valence electrons. The highest BCUT2D eigenvalue weighted by molar-refractivity contribution is 9.09. The number of fused-ring (bicyclic) bond motifs is 1. The van der Waals surface area contributed by atoms with Crippen LogP contribution in [0.15, 0.2) is 60.7 Å². The molecule has 0 aliphatic rings. The van der Waals surface area contributed by atoms with Crippen LogP contribution in [0.4, 0.5) is 0 Å². The summed E-state index contributed by atoms with van der Waals surface area (Å²) >= 11 is 3.46. The SMILES string of the molecule is BrCCc1cccc(OCc2ccc3ccccc3n2)c1. The van der Waals surface area contributed by atoms with Crippen LogP contribution in [0.3, 0.4) is 0 Å². The molecule has 0 bridgehead atoms. The molecule has 0 spiro atoms. The van der Waals surface area contributed by atoms with Crippen molar-refractivity contribution in [2.24, 2.45) is 0 Å². The van der Waals surface area contributed by atoms with E-state index in [1.54, 1.807) is 0 Å². The monoisotopic (exact) mass is 341 g/mol.